The number of carbonyl (C=O) groups is 1. The Morgan fingerprint density at radius 1 is 1.26 bits per heavy atom. The minimum absolute atomic E-state index is 0. The first-order valence-electron chi connectivity index (χ1n) is 8.75. The van der Waals surface area contributed by atoms with Gasteiger partial charge >= 0.3 is 51.4 Å². The Labute approximate surface area is 207 Å². The molecule has 1 amide bonds. The van der Waals surface area contributed by atoms with E-state index in [0.29, 0.717) is 10.9 Å². The van der Waals surface area contributed by atoms with Crippen LogP contribution in [0.3, 0.4) is 0 Å². The molecule has 0 atom stereocenters. The van der Waals surface area contributed by atoms with Gasteiger partial charge in [-0.05, 0) is 44.6 Å². The normalized spacial score (nSPS) is 15.3. The first kappa shape index (κ1) is 22.7. The van der Waals surface area contributed by atoms with E-state index in [-0.39, 0.29) is 64.1 Å². The minimum atomic E-state index is -0.474. The predicted octanol–water partition coefficient (Wildman–Crippen LogP) is 0.644. The zero-order chi connectivity index (χ0) is 18.7. The minimum Gasteiger partial charge on any atom is -0.454 e. The molecule has 0 bridgehead atoms. The fourth-order valence-electron chi connectivity index (χ4n) is 2.84. The Bertz CT molecular complexity index is 790. The number of thiazole rings is 1. The number of nitrogens with one attached hydrogen (secondary N) is 1. The van der Waals surface area contributed by atoms with Gasteiger partial charge in [0.05, 0.1) is 5.41 Å². The molecule has 8 heteroatoms. The largest absolute Gasteiger partial charge is 1.00 e. The summed E-state index contributed by atoms with van der Waals surface area (Å²) >= 11 is 1.46. The van der Waals surface area contributed by atoms with Crippen molar-refractivity contribution in [2.24, 2.45) is 0 Å². The quantitative estimate of drug-likeness (QED) is 0.576. The molecule has 2 heterocycles. The number of hydrogen-bond acceptors (Lipinski definition) is 6. The molecule has 140 valence electrons. The van der Waals surface area contributed by atoms with E-state index < -0.39 is 5.41 Å². The average Bonchev–Trinajstić information content (AvgIpc) is 3.12. The van der Waals surface area contributed by atoms with Gasteiger partial charge in [-0.2, -0.15) is 6.54 Å². The van der Waals surface area contributed by atoms with Crippen LogP contribution in [0.4, 0.5) is 5.13 Å². The smallest absolute Gasteiger partial charge is 0.454 e. The second-order valence-electron chi connectivity index (χ2n) is 6.26. The Morgan fingerprint density at radius 3 is 2.63 bits per heavy atom. The van der Waals surface area contributed by atoms with Crippen molar-refractivity contribution in [2.75, 3.05) is 26.2 Å². The molecule has 1 aliphatic carbocycles. The van der Waals surface area contributed by atoms with Crippen LogP contribution in [-0.4, -0.2) is 36.7 Å². The number of anilines is 1. The summed E-state index contributed by atoms with van der Waals surface area (Å²) in [6.45, 7) is 6.21. The number of hydrogen-bond donors (Lipinski definition) is 1. The van der Waals surface area contributed by atoms with Crippen LogP contribution < -0.4 is 66.2 Å². The van der Waals surface area contributed by atoms with E-state index in [2.05, 4.69) is 10.3 Å². The average molecular weight is 414 g/mol. The molecule has 2 aromatic rings. The molecule has 1 aromatic heterocycles. The summed E-state index contributed by atoms with van der Waals surface area (Å²) in [7, 11) is 3.91. The molecular weight excluding hydrogens is 389 g/mol. The number of carbonyl (C=O) groups excluding carboxylic acids is 1. The van der Waals surface area contributed by atoms with Crippen LogP contribution in [0, 0.1) is 6.54 Å². The number of benzene rings is 1. The number of ether oxygens (including phenoxy) is 2. The summed E-state index contributed by atoms with van der Waals surface area (Å²) in [5.41, 5.74) is 0.499. The van der Waals surface area contributed by atoms with E-state index in [0.717, 1.165) is 29.0 Å². The number of aromatic nitrogens is 1. The summed E-state index contributed by atoms with van der Waals surface area (Å²) in [6, 6.07) is 5.74. The zero-order valence-corrected chi connectivity index (χ0v) is 20.5. The van der Waals surface area contributed by atoms with Gasteiger partial charge in [-0.25, -0.2) is 0 Å². The maximum Gasteiger partial charge on any atom is 1.00 e. The van der Waals surface area contributed by atoms with Gasteiger partial charge in [0.1, 0.15) is 0 Å². The molecule has 1 fully saturated rings. The van der Waals surface area contributed by atoms with Gasteiger partial charge < -0.3 is 24.7 Å². The van der Waals surface area contributed by atoms with Crippen molar-refractivity contribution in [3.63, 3.8) is 0 Å². The van der Waals surface area contributed by atoms with Crippen molar-refractivity contribution in [3.05, 3.63) is 41.4 Å². The summed E-state index contributed by atoms with van der Waals surface area (Å²) in [6.07, 6.45) is 3.43. The molecule has 0 radical (unpaired) electrons. The van der Waals surface area contributed by atoms with E-state index >= 15 is 0 Å². The van der Waals surface area contributed by atoms with Crippen molar-refractivity contribution in [2.45, 2.75) is 32.1 Å². The van der Waals surface area contributed by atoms with Crippen molar-refractivity contribution in [1.29, 1.82) is 0 Å². The fourth-order valence-corrected chi connectivity index (χ4v) is 3.68. The molecule has 4 rings (SSSR count). The van der Waals surface area contributed by atoms with Crippen molar-refractivity contribution in [1.82, 2.24) is 9.88 Å². The zero-order valence-electron chi connectivity index (χ0n) is 16.5. The topological polar surface area (TPSA) is 63.7 Å². The molecule has 1 aliphatic heterocycles. The Kier molecular flexibility index (Phi) is 8.17. The second-order valence-corrected chi connectivity index (χ2v) is 7.33. The molecule has 0 spiro atoms. The molecule has 0 unspecified atom stereocenters. The van der Waals surface area contributed by atoms with Gasteiger partial charge in [0.2, 0.25) is 12.7 Å². The van der Waals surface area contributed by atoms with E-state index in [1.54, 1.807) is 6.20 Å². The van der Waals surface area contributed by atoms with Gasteiger partial charge in [0.15, 0.2) is 16.6 Å². The van der Waals surface area contributed by atoms with Crippen LogP contribution in [0.25, 0.3) is 0 Å². The number of rotatable bonds is 5. The summed E-state index contributed by atoms with van der Waals surface area (Å²) in [4.78, 5) is 20.0. The maximum atomic E-state index is 12.8. The second kappa shape index (κ2) is 9.73. The van der Waals surface area contributed by atoms with Gasteiger partial charge in [0, 0.05) is 0 Å². The van der Waals surface area contributed by atoms with Crippen molar-refractivity contribution >= 4 is 22.4 Å². The first-order chi connectivity index (χ1) is 12.6. The third kappa shape index (κ3) is 5.06. The van der Waals surface area contributed by atoms with Crippen LogP contribution >= 0.6 is 11.3 Å². The summed E-state index contributed by atoms with van der Waals surface area (Å²) in [5.74, 6) is 1.44. The van der Waals surface area contributed by atoms with E-state index in [1.807, 2.05) is 57.6 Å². The van der Waals surface area contributed by atoms with Crippen LogP contribution in [0.15, 0.2) is 24.4 Å². The standard InChI is InChI=1S/C17H18N3O3S.C2H6.K/c1-20(2)9-12-8-18-16(24-12)19-15(21)17(5-6-17)11-3-4-13-14(7-11)23-10-22-13;1-2;/h3-4,7-9H,5-6,10H2,1-2H3,(H,18,19,21);1-2H3;/q-1;;+1. The summed E-state index contributed by atoms with van der Waals surface area (Å²) < 4.78 is 10.8. The monoisotopic (exact) mass is 413 g/mol. The molecule has 1 saturated carbocycles. The Hall–Kier alpha value is -0.614. The van der Waals surface area contributed by atoms with Gasteiger partial charge in [-0.15, -0.1) is 22.4 Å². The number of nitrogens with zero attached hydrogens (tertiary/aromatic N) is 2. The number of amides is 1. The maximum absolute atomic E-state index is 12.8. The summed E-state index contributed by atoms with van der Waals surface area (Å²) in [5, 5.41) is 3.59. The van der Waals surface area contributed by atoms with Crippen LogP contribution in [0.5, 0.6) is 11.5 Å². The Balaban J connectivity index is 0.000000844. The molecule has 2 aliphatic rings. The van der Waals surface area contributed by atoms with Crippen molar-refractivity contribution in [3.8, 4) is 11.5 Å². The van der Waals surface area contributed by atoms with E-state index in [1.165, 1.54) is 11.3 Å². The van der Waals surface area contributed by atoms with Gasteiger partial charge in [-0.1, -0.05) is 19.9 Å². The van der Waals surface area contributed by atoms with Gasteiger partial charge in [0.25, 0.3) is 0 Å². The third-order valence-corrected chi connectivity index (χ3v) is 5.09. The van der Waals surface area contributed by atoms with Crippen molar-refractivity contribution < 1.29 is 65.7 Å². The van der Waals surface area contributed by atoms with Crippen LogP contribution in [0.1, 0.15) is 37.1 Å². The van der Waals surface area contributed by atoms with Crippen LogP contribution in [-0.2, 0) is 10.2 Å². The van der Waals surface area contributed by atoms with Gasteiger partial charge in [-0.3, -0.25) is 4.79 Å². The first-order valence-corrected chi connectivity index (χ1v) is 9.57. The molecule has 0 saturated heterocycles. The van der Waals surface area contributed by atoms with E-state index in [9.17, 15) is 4.79 Å². The molecule has 6 nitrogen and oxygen atoms in total. The molecular formula is C19H24KN3O3S. The fraction of sp³-hybridized carbons (Fsp3) is 0.421. The third-order valence-electron chi connectivity index (χ3n) is 4.24. The molecule has 1 aromatic carbocycles. The van der Waals surface area contributed by atoms with E-state index in [4.69, 9.17) is 9.47 Å². The Morgan fingerprint density at radius 2 is 1.96 bits per heavy atom. The van der Waals surface area contributed by atoms with Crippen LogP contribution in [0.2, 0.25) is 0 Å². The molecule has 27 heavy (non-hydrogen) atoms. The number of fused-ring (bicyclic) bond motifs is 1. The molecule has 1 N–H and O–H groups in total. The SMILES string of the molecule is CC.CN(C)[CH-]c1cnc(NC(=O)C2(c3ccc4c(c3)OCO4)CC2)s1.[K+]. The predicted molar refractivity (Wildman–Crippen MR) is 103 cm³/mol.